The summed E-state index contributed by atoms with van der Waals surface area (Å²) in [6.07, 6.45) is 0.319. The first-order valence-electron chi connectivity index (χ1n) is 10.1. The summed E-state index contributed by atoms with van der Waals surface area (Å²) < 4.78 is 5.47. The van der Waals surface area contributed by atoms with Gasteiger partial charge in [0.05, 0.1) is 0 Å². The summed E-state index contributed by atoms with van der Waals surface area (Å²) in [4.78, 5) is 35.7. The molecule has 0 aromatic heterocycles. The van der Waals surface area contributed by atoms with Gasteiger partial charge in [0, 0.05) is 5.92 Å². The van der Waals surface area contributed by atoms with Gasteiger partial charge in [-0.15, -0.1) is 0 Å². The maximum atomic E-state index is 12.4. The maximum Gasteiger partial charge on any atom is 0.407 e. The molecule has 0 fully saturated rings. The lowest BCUT2D eigenvalue weighted by Gasteiger charge is -2.20. The summed E-state index contributed by atoms with van der Waals surface area (Å²) in [7, 11) is 0. The first kappa shape index (κ1) is 21.4. The van der Waals surface area contributed by atoms with Crippen molar-refractivity contribution in [1.29, 1.82) is 0 Å². The molecule has 2 atom stereocenters. The van der Waals surface area contributed by atoms with E-state index in [4.69, 9.17) is 9.84 Å². The molecule has 0 saturated carbocycles. The Morgan fingerprint density at radius 2 is 1.57 bits per heavy atom. The van der Waals surface area contributed by atoms with Crippen molar-refractivity contribution in [3.63, 3.8) is 0 Å². The van der Waals surface area contributed by atoms with Crippen LogP contribution in [0.15, 0.2) is 48.5 Å². The number of nitrogens with one attached hydrogen (secondary N) is 2. The van der Waals surface area contributed by atoms with E-state index in [0.29, 0.717) is 12.8 Å². The van der Waals surface area contributed by atoms with Gasteiger partial charge in [0.15, 0.2) is 0 Å². The van der Waals surface area contributed by atoms with Gasteiger partial charge >= 0.3 is 12.1 Å². The minimum absolute atomic E-state index is 0.0753. The van der Waals surface area contributed by atoms with E-state index in [9.17, 15) is 14.4 Å². The number of fused-ring (bicyclic) bond motifs is 3. The van der Waals surface area contributed by atoms with Gasteiger partial charge < -0.3 is 20.5 Å². The van der Waals surface area contributed by atoms with Crippen molar-refractivity contribution in [3.8, 4) is 11.1 Å². The molecule has 30 heavy (non-hydrogen) atoms. The second kappa shape index (κ2) is 9.43. The van der Waals surface area contributed by atoms with Crippen LogP contribution in [0.5, 0.6) is 0 Å². The van der Waals surface area contributed by atoms with Crippen molar-refractivity contribution in [2.24, 2.45) is 0 Å². The van der Waals surface area contributed by atoms with Crippen molar-refractivity contribution < 1.29 is 24.2 Å². The van der Waals surface area contributed by atoms with E-state index < -0.39 is 30.1 Å². The number of hydrogen-bond donors (Lipinski definition) is 3. The predicted molar refractivity (Wildman–Crippen MR) is 112 cm³/mol. The fourth-order valence-corrected chi connectivity index (χ4v) is 3.72. The lowest BCUT2D eigenvalue weighted by Crippen LogP contribution is -2.50. The number of aliphatic carboxylic acids is 1. The third-order valence-corrected chi connectivity index (χ3v) is 5.26. The SMILES string of the molecule is CCC[C@H](NC(=O)OCC1c2ccccc2-c2ccccc21)C(=O)N[C@H](C)C(=O)O. The van der Waals surface area contributed by atoms with E-state index in [0.717, 1.165) is 22.3 Å². The van der Waals surface area contributed by atoms with Gasteiger partial charge in [-0.05, 0) is 35.6 Å². The molecule has 1 aliphatic carbocycles. The second-order valence-corrected chi connectivity index (χ2v) is 7.38. The predicted octanol–water partition coefficient (Wildman–Crippen LogP) is 3.28. The first-order valence-corrected chi connectivity index (χ1v) is 10.1. The Morgan fingerprint density at radius 1 is 1.00 bits per heavy atom. The summed E-state index contributed by atoms with van der Waals surface area (Å²) >= 11 is 0. The molecule has 2 amide bonds. The summed E-state index contributed by atoms with van der Waals surface area (Å²) in [5.41, 5.74) is 4.47. The highest BCUT2D eigenvalue weighted by atomic mass is 16.5. The summed E-state index contributed by atoms with van der Waals surface area (Å²) in [6.45, 7) is 3.39. The van der Waals surface area contributed by atoms with Gasteiger partial charge in [-0.3, -0.25) is 9.59 Å². The average molecular weight is 410 g/mol. The number of alkyl carbamates (subject to hydrolysis) is 1. The fourth-order valence-electron chi connectivity index (χ4n) is 3.72. The minimum atomic E-state index is -1.14. The zero-order valence-corrected chi connectivity index (χ0v) is 17.1. The Balaban J connectivity index is 1.65. The van der Waals surface area contributed by atoms with Gasteiger partial charge in [0.1, 0.15) is 18.7 Å². The van der Waals surface area contributed by atoms with Gasteiger partial charge in [0.2, 0.25) is 5.91 Å². The second-order valence-electron chi connectivity index (χ2n) is 7.38. The van der Waals surface area contributed by atoms with Crippen molar-refractivity contribution in [2.45, 2.75) is 44.7 Å². The zero-order chi connectivity index (χ0) is 21.7. The van der Waals surface area contributed by atoms with E-state index in [1.54, 1.807) is 0 Å². The van der Waals surface area contributed by atoms with Crippen LogP contribution in [-0.4, -0.2) is 41.8 Å². The fraction of sp³-hybridized carbons (Fsp3) is 0.348. The van der Waals surface area contributed by atoms with Gasteiger partial charge in [-0.2, -0.15) is 0 Å². The number of carbonyl (C=O) groups excluding carboxylic acids is 2. The number of carboxylic acid groups (broad SMARTS) is 1. The first-order chi connectivity index (χ1) is 14.4. The van der Waals surface area contributed by atoms with E-state index in [1.165, 1.54) is 6.92 Å². The molecule has 0 bridgehead atoms. The molecule has 0 radical (unpaired) electrons. The Kier molecular flexibility index (Phi) is 6.72. The van der Waals surface area contributed by atoms with E-state index in [2.05, 4.69) is 22.8 Å². The normalized spacial score (nSPS) is 14.2. The summed E-state index contributed by atoms with van der Waals surface area (Å²) in [5.74, 6) is -1.76. The molecule has 2 aromatic carbocycles. The van der Waals surface area contributed by atoms with Crippen molar-refractivity contribution in [3.05, 3.63) is 59.7 Å². The maximum absolute atomic E-state index is 12.4. The molecule has 0 aliphatic heterocycles. The standard InChI is InChI=1S/C23H26N2O5/c1-3-8-20(21(26)24-14(2)22(27)28)25-23(29)30-13-19-17-11-6-4-9-15(17)16-10-5-7-12-18(16)19/h4-7,9-12,14,19-20H,3,8,13H2,1-2H3,(H,24,26)(H,25,29)(H,27,28)/t14-,20+/m1/s1. The number of amides is 2. The van der Waals surface area contributed by atoms with E-state index in [-0.39, 0.29) is 12.5 Å². The molecule has 0 saturated heterocycles. The Hall–Kier alpha value is -3.35. The van der Waals surface area contributed by atoms with Crippen LogP contribution in [0.2, 0.25) is 0 Å². The highest BCUT2D eigenvalue weighted by Gasteiger charge is 2.30. The summed E-state index contributed by atoms with van der Waals surface area (Å²) in [6, 6.07) is 14.2. The third kappa shape index (κ3) is 4.62. The molecule has 1 aliphatic rings. The van der Waals surface area contributed by atoms with Crippen molar-refractivity contribution >= 4 is 18.0 Å². The number of carboxylic acids is 1. The lowest BCUT2D eigenvalue weighted by atomic mass is 9.98. The third-order valence-electron chi connectivity index (χ3n) is 5.26. The monoisotopic (exact) mass is 410 g/mol. The van der Waals surface area contributed by atoms with Crippen LogP contribution in [0.25, 0.3) is 11.1 Å². The van der Waals surface area contributed by atoms with Gasteiger partial charge in [-0.25, -0.2) is 4.79 Å². The van der Waals surface area contributed by atoms with Gasteiger partial charge in [-0.1, -0.05) is 61.9 Å². The van der Waals surface area contributed by atoms with E-state index in [1.807, 2.05) is 43.3 Å². The smallest absolute Gasteiger partial charge is 0.407 e. The van der Waals surface area contributed by atoms with Crippen LogP contribution in [0.1, 0.15) is 43.7 Å². The molecule has 7 nitrogen and oxygen atoms in total. The van der Waals surface area contributed by atoms with Crippen molar-refractivity contribution in [2.75, 3.05) is 6.61 Å². The molecule has 3 rings (SSSR count). The minimum Gasteiger partial charge on any atom is -0.480 e. The van der Waals surface area contributed by atoms with Crippen LogP contribution in [-0.2, 0) is 14.3 Å². The van der Waals surface area contributed by atoms with Crippen molar-refractivity contribution in [1.82, 2.24) is 10.6 Å². The Bertz CT molecular complexity index is 897. The molecule has 3 N–H and O–H groups in total. The Labute approximate surface area is 175 Å². The molecule has 7 heteroatoms. The highest BCUT2D eigenvalue weighted by molar-refractivity contribution is 5.89. The van der Waals surface area contributed by atoms with Crippen LogP contribution in [0.4, 0.5) is 4.79 Å². The Morgan fingerprint density at radius 3 is 2.10 bits per heavy atom. The van der Waals surface area contributed by atoms with Crippen LogP contribution in [0.3, 0.4) is 0 Å². The van der Waals surface area contributed by atoms with E-state index >= 15 is 0 Å². The zero-order valence-electron chi connectivity index (χ0n) is 17.1. The molecule has 0 unspecified atom stereocenters. The molecule has 2 aromatic rings. The quantitative estimate of drug-likeness (QED) is 0.619. The number of carbonyl (C=O) groups is 3. The largest absolute Gasteiger partial charge is 0.480 e. The average Bonchev–Trinajstić information content (AvgIpc) is 3.05. The molecule has 0 heterocycles. The number of ether oxygens (including phenoxy) is 1. The lowest BCUT2D eigenvalue weighted by molar-refractivity contribution is -0.141. The number of rotatable bonds is 8. The number of hydrogen-bond acceptors (Lipinski definition) is 4. The molecular formula is C23H26N2O5. The van der Waals surface area contributed by atoms with Crippen LogP contribution < -0.4 is 10.6 Å². The van der Waals surface area contributed by atoms with Gasteiger partial charge in [0.25, 0.3) is 0 Å². The highest BCUT2D eigenvalue weighted by Crippen LogP contribution is 2.44. The number of benzene rings is 2. The molecule has 158 valence electrons. The molecule has 0 spiro atoms. The summed E-state index contributed by atoms with van der Waals surface area (Å²) in [5, 5.41) is 13.9. The van der Waals surface area contributed by atoms with Crippen LogP contribution in [0, 0.1) is 0 Å². The topological polar surface area (TPSA) is 105 Å². The molecular weight excluding hydrogens is 384 g/mol. The van der Waals surface area contributed by atoms with Crippen LogP contribution >= 0.6 is 0 Å².